The summed E-state index contributed by atoms with van der Waals surface area (Å²) in [4.78, 5) is 0. The molecule has 1 heterocycles. The first-order valence-corrected chi connectivity index (χ1v) is 10.4. The smallest absolute Gasteiger partial charge is 0.307 e. The lowest BCUT2D eigenvalue weighted by Crippen LogP contribution is -2.27. The molecular formula is C19H22IN2OS+. The van der Waals surface area contributed by atoms with Crippen LogP contribution in [0.15, 0.2) is 54.6 Å². The summed E-state index contributed by atoms with van der Waals surface area (Å²) in [6.45, 7) is 2.86. The quantitative estimate of drug-likeness (QED) is 0.408. The van der Waals surface area contributed by atoms with E-state index in [1.807, 2.05) is 23.9 Å². The normalized spacial score (nSPS) is 19.0. The van der Waals surface area contributed by atoms with E-state index < -0.39 is 0 Å². The van der Waals surface area contributed by atoms with Crippen LogP contribution in [-0.2, 0) is 13.1 Å². The van der Waals surface area contributed by atoms with Crippen molar-refractivity contribution < 1.29 is 9.31 Å². The summed E-state index contributed by atoms with van der Waals surface area (Å²) >= 11 is 4.44. The Balaban J connectivity index is 1.82. The van der Waals surface area contributed by atoms with Crippen LogP contribution >= 0.6 is 34.4 Å². The predicted molar refractivity (Wildman–Crippen MR) is 110 cm³/mol. The second kappa shape index (κ2) is 8.76. The summed E-state index contributed by atoms with van der Waals surface area (Å²) in [6, 6.07) is 19.0. The second-order valence-corrected chi connectivity index (χ2v) is 7.94. The van der Waals surface area contributed by atoms with Gasteiger partial charge in [0.2, 0.25) is 0 Å². The van der Waals surface area contributed by atoms with E-state index in [9.17, 15) is 0 Å². The van der Waals surface area contributed by atoms with E-state index in [0.29, 0.717) is 5.25 Å². The van der Waals surface area contributed by atoms with Gasteiger partial charge >= 0.3 is 5.17 Å². The van der Waals surface area contributed by atoms with Crippen LogP contribution in [0, 0.1) is 0 Å². The number of benzene rings is 2. The number of hydrogen-bond acceptors (Lipinski definition) is 2. The van der Waals surface area contributed by atoms with Gasteiger partial charge in [-0.15, -0.1) is 0 Å². The van der Waals surface area contributed by atoms with Gasteiger partial charge in [-0.3, -0.25) is 5.32 Å². The SMILES string of the molecule is COc1ccc(C[N+](Cc2ccccc2)=C2NCC(CI)S2)cc1. The summed E-state index contributed by atoms with van der Waals surface area (Å²) in [5, 5.41) is 5.55. The first kappa shape index (κ1) is 17.6. The Hall–Kier alpha value is -1.21. The minimum atomic E-state index is 0.662. The largest absolute Gasteiger partial charge is 0.497 e. The van der Waals surface area contributed by atoms with Gasteiger partial charge in [0.15, 0.2) is 0 Å². The lowest BCUT2D eigenvalue weighted by Gasteiger charge is -2.11. The van der Waals surface area contributed by atoms with Crippen LogP contribution in [0.25, 0.3) is 0 Å². The number of amidine groups is 1. The van der Waals surface area contributed by atoms with E-state index in [4.69, 9.17) is 4.74 Å². The van der Waals surface area contributed by atoms with Gasteiger partial charge in [-0.2, -0.15) is 0 Å². The molecule has 1 saturated heterocycles. The van der Waals surface area contributed by atoms with Gasteiger partial charge in [0.25, 0.3) is 0 Å². The Bertz CT molecular complexity index is 688. The number of ether oxygens (including phenoxy) is 1. The highest BCUT2D eigenvalue weighted by atomic mass is 127. The van der Waals surface area contributed by atoms with Crippen molar-refractivity contribution in [2.75, 3.05) is 18.1 Å². The number of methoxy groups -OCH3 is 1. The highest BCUT2D eigenvalue weighted by Gasteiger charge is 2.28. The number of alkyl halides is 1. The maximum absolute atomic E-state index is 5.26. The van der Waals surface area contributed by atoms with Crippen LogP contribution in [0.3, 0.4) is 0 Å². The summed E-state index contributed by atoms with van der Waals surface area (Å²) in [5.41, 5.74) is 2.62. The van der Waals surface area contributed by atoms with E-state index >= 15 is 0 Å². The Morgan fingerprint density at radius 2 is 1.75 bits per heavy atom. The average Bonchev–Trinajstić information content (AvgIpc) is 3.12. The molecule has 0 aromatic heterocycles. The highest BCUT2D eigenvalue weighted by Crippen LogP contribution is 2.22. The molecule has 0 bridgehead atoms. The summed E-state index contributed by atoms with van der Waals surface area (Å²) < 4.78 is 8.87. The van der Waals surface area contributed by atoms with Gasteiger partial charge in [0, 0.05) is 4.43 Å². The van der Waals surface area contributed by atoms with Crippen molar-refractivity contribution in [1.82, 2.24) is 5.32 Å². The molecule has 1 aliphatic heterocycles. The molecule has 3 nitrogen and oxygen atoms in total. The third kappa shape index (κ3) is 4.66. The fourth-order valence-corrected chi connectivity index (χ4v) is 4.51. The van der Waals surface area contributed by atoms with Gasteiger partial charge in [-0.25, -0.2) is 4.58 Å². The van der Waals surface area contributed by atoms with Gasteiger partial charge in [0.1, 0.15) is 18.8 Å². The molecule has 0 spiro atoms. The van der Waals surface area contributed by atoms with Crippen LogP contribution < -0.4 is 10.1 Å². The molecule has 1 N–H and O–H groups in total. The van der Waals surface area contributed by atoms with Crippen molar-refractivity contribution in [3.8, 4) is 5.75 Å². The molecule has 0 radical (unpaired) electrons. The van der Waals surface area contributed by atoms with E-state index in [1.54, 1.807) is 7.11 Å². The highest BCUT2D eigenvalue weighted by molar-refractivity contribution is 14.1. The van der Waals surface area contributed by atoms with Gasteiger partial charge in [-0.05, 0) is 35.0 Å². The number of thioether (sulfide) groups is 1. The molecule has 1 unspecified atom stereocenters. The van der Waals surface area contributed by atoms with Crippen molar-refractivity contribution in [2.24, 2.45) is 0 Å². The number of halogens is 1. The zero-order chi connectivity index (χ0) is 16.8. The maximum atomic E-state index is 5.26. The van der Waals surface area contributed by atoms with Crippen LogP contribution in [-0.4, -0.2) is 33.1 Å². The summed E-state index contributed by atoms with van der Waals surface area (Å²) in [6.07, 6.45) is 0. The van der Waals surface area contributed by atoms with E-state index in [-0.39, 0.29) is 0 Å². The van der Waals surface area contributed by atoms with Crippen molar-refractivity contribution in [2.45, 2.75) is 18.3 Å². The molecule has 0 amide bonds. The fourth-order valence-electron chi connectivity index (χ4n) is 2.67. The van der Waals surface area contributed by atoms with E-state index in [2.05, 4.69) is 74.9 Å². The molecule has 5 heteroatoms. The number of hydrogen-bond donors (Lipinski definition) is 1. The molecule has 1 aliphatic rings. The Morgan fingerprint density at radius 3 is 2.33 bits per heavy atom. The molecule has 0 aliphatic carbocycles. The van der Waals surface area contributed by atoms with Crippen molar-refractivity contribution in [1.29, 1.82) is 0 Å². The van der Waals surface area contributed by atoms with Crippen LogP contribution in [0.2, 0.25) is 0 Å². The lowest BCUT2D eigenvalue weighted by molar-refractivity contribution is -0.559. The third-order valence-corrected chi connectivity index (χ3v) is 6.92. The Morgan fingerprint density at radius 1 is 1.08 bits per heavy atom. The summed E-state index contributed by atoms with van der Waals surface area (Å²) in [7, 11) is 1.70. The molecule has 24 heavy (non-hydrogen) atoms. The molecule has 1 fully saturated rings. The van der Waals surface area contributed by atoms with Gasteiger partial charge in [-0.1, -0.05) is 65.1 Å². The molecule has 3 rings (SSSR count). The van der Waals surface area contributed by atoms with Crippen molar-refractivity contribution >= 4 is 39.5 Å². The lowest BCUT2D eigenvalue weighted by atomic mass is 10.2. The summed E-state index contributed by atoms with van der Waals surface area (Å²) in [5.74, 6) is 0.902. The van der Waals surface area contributed by atoms with Crippen LogP contribution in [0.4, 0.5) is 0 Å². The average molecular weight is 453 g/mol. The number of rotatable bonds is 6. The van der Waals surface area contributed by atoms with Crippen molar-refractivity contribution in [3.05, 3.63) is 65.7 Å². The van der Waals surface area contributed by atoms with E-state index in [0.717, 1.165) is 25.4 Å². The van der Waals surface area contributed by atoms with E-state index in [1.165, 1.54) is 20.7 Å². The van der Waals surface area contributed by atoms with Crippen LogP contribution in [0.5, 0.6) is 5.75 Å². The van der Waals surface area contributed by atoms with Gasteiger partial charge in [0.05, 0.1) is 18.9 Å². The molecule has 0 saturated carbocycles. The van der Waals surface area contributed by atoms with Gasteiger partial charge < -0.3 is 4.74 Å². The zero-order valence-corrected chi connectivity index (χ0v) is 16.7. The first-order chi connectivity index (χ1) is 11.8. The molecule has 2 aromatic rings. The second-order valence-electron chi connectivity index (χ2n) is 5.77. The first-order valence-electron chi connectivity index (χ1n) is 8.03. The molecule has 1 atom stereocenters. The number of nitrogens with one attached hydrogen (secondary N) is 1. The van der Waals surface area contributed by atoms with Crippen LogP contribution in [0.1, 0.15) is 11.1 Å². The molecular weight excluding hydrogens is 431 g/mol. The monoisotopic (exact) mass is 453 g/mol. The zero-order valence-electron chi connectivity index (χ0n) is 13.7. The third-order valence-electron chi connectivity index (χ3n) is 3.97. The standard InChI is InChI=1S/C19H21IN2OS/c1-23-17-9-7-16(8-10-17)14-22(13-15-5-3-2-4-6-15)19-21-12-18(11-20)24-19/h2-10,18H,11-14H2,1H3/p+1. The Kier molecular flexibility index (Phi) is 6.43. The molecule has 126 valence electrons. The predicted octanol–water partition coefficient (Wildman–Crippen LogP) is 3.90. The minimum absolute atomic E-state index is 0.662. The maximum Gasteiger partial charge on any atom is 0.307 e. The Labute approximate surface area is 161 Å². The number of nitrogens with zero attached hydrogens (tertiary/aromatic N) is 1. The fraction of sp³-hybridized carbons (Fsp3) is 0.316. The van der Waals surface area contributed by atoms with Crippen molar-refractivity contribution in [3.63, 3.8) is 0 Å². The minimum Gasteiger partial charge on any atom is -0.497 e. The molecule has 2 aromatic carbocycles. The topological polar surface area (TPSA) is 24.3 Å².